The maximum absolute atomic E-state index is 12.1. The molecule has 0 N–H and O–H groups in total. The van der Waals surface area contributed by atoms with E-state index in [9.17, 15) is 4.79 Å². The third-order valence-electron chi connectivity index (χ3n) is 4.30. The van der Waals surface area contributed by atoms with Gasteiger partial charge in [0.25, 0.3) is 0 Å². The van der Waals surface area contributed by atoms with Crippen LogP contribution in [0.25, 0.3) is 28.1 Å². The van der Waals surface area contributed by atoms with Gasteiger partial charge in [0.05, 0.1) is 15.7 Å². The molecule has 0 aliphatic rings. The van der Waals surface area contributed by atoms with Gasteiger partial charge in [-0.15, -0.1) is 0 Å². The Morgan fingerprint density at radius 3 is 1.93 bits per heavy atom. The Labute approximate surface area is 166 Å². The fraction of sp³-hybridized carbons (Fsp3) is 0. The molecule has 4 rings (SSSR count). The van der Waals surface area contributed by atoms with Crippen LogP contribution in [0.15, 0.2) is 78.9 Å². The summed E-state index contributed by atoms with van der Waals surface area (Å²) in [6, 6.07) is 24.5. The summed E-state index contributed by atoms with van der Waals surface area (Å²) in [6.07, 6.45) is 0.816. The highest BCUT2D eigenvalue weighted by Crippen LogP contribution is 2.41. The molecule has 5 heteroatoms. The van der Waals surface area contributed by atoms with Crippen molar-refractivity contribution >= 4 is 29.5 Å². The minimum Gasteiger partial charge on any atom is -0.296 e. The second kappa shape index (κ2) is 7.39. The van der Waals surface area contributed by atoms with Gasteiger partial charge in [-0.25, -0.2) is 4.68 Å². The van der Waals surface area contributed by atoms with Crippen molar-refractivity contribution in [3.8, 4) is 28.1 Å². The number of hydrogen-bond acceptors (Lipinski definition) is 2. The van der Waals surface area contributed by atoms with Crippen molar-refractivity contribution in [2.24, 2.45) is 0 Å². The van der Waals surface area contributed by atoms with Crippen molar-refractivity contribution in [2.75, 3.05) is 0 Å². The maximum Gasteiger partial charge on any atom is 0.169 e. The Kier molecular flexibility index (Phi) is 4.80. The summed E-state index contributed by atoms with van der Waals surface area (Å²) >= 11 is 12.9. The lowest BCUT2D eigenvalue weighted by molar-refractivity contribution is 0.111. The van der Waals surface area contributed by atoms with Crippen LogP contribution in [0.4, 0.5) is 0 Å². The van der Waals surface area contributed by atoms with Gasteiger partial charge in [-0.2, -0.15) is 5.10 Å². The minimum absolute atomic E-state index is 0.443. The minimum atomic E-state index is 0.443. The molecule has 27 heavy (non-hydrogen) atoms. The predicted octanol–water partition coefficient (Wildman–Crippen LogP) is 6.33. The highest BCUT2D eigenvalue weighted by molar-refractivity contribution is 6.39. The van der Waals surface area contributed by atoms with E-state index in [0.717, 1.165) is 17.5 Å². The average molecular weight is 393 g/mol. The summed E-state index contributed by atoms with van der Waals surface area (Å²) in [6.45, 7) is 0. The number of hydrogen-bond donors (Lipinski definition) is 0. The molecule has 0 amide bonds. The molecule has 3 aromatic carbocycles. The van der Waals surface area contributed by atoms with Crippen molar-refractivity contribution in [3.63, 3.8) is 0 Å². The lowest BCUT2D eigenvalue weighted by atomic mass is 9.99. The molecule has 0 radical (unpaired) electrons. The molecule has 132 valence electrons. The van der Waals surface area contributed by atoms with Crippen molar-refractivity contribution in [1.82, 2.24) is 9.78 Å². The number of aldehydes is 1. The third kappa shape index (κ3) is 3.16. The molecule has 1 heterocycles. The fourth-order valence-corrected chi connectivity index (χ4v) is 3.67. The number of halogens is 2. The van der Waals surface area contributed by atoms with Gasteiger partial charge in [-0.1, -0.05) is 77.8 Å². The van der Waals surface area contributed by atoms with Gasteiger partial charge < -0.3 is 0 Å². The summed E-state index contributed by atoms with van der Waals surface area (Å²) in [5.74, 6) is 0. The van der Waals surface area contributed by atoms with E-state index in [4.69, 9.17) is 28.3 Å². The largest absolute Gasteiger partial charge is 0.296 e. The molecule has 0 saturated heterocycles. The molecule has 0 spiro atoms. The standard InChI is InChI=1S/C22H14Cl2N2O/c23-17-12-7-13-18(24)21(17)22-20(15-8-3-1-4-9-15)19(14-27)26(25-22)16-10-5-2-6-11-16/h1-14H. The van der Waals surface area contributed by atoms with E-state index in [2.05, 4.69) is 0 Å². The summed E-state index contributed by atoms with van der Waals surface area (Å²) in [5.41, 5.74) is 3.97. The van der Waals surface area contributed by atoms with Crippen molar-refractivity contribution in [3.05, 3.63) is 94.6 Å². The van der Waals surface area contributed by atoms with Gasteiger partial charge in [-0.3, -0.25) is 4.79 Å². The summed E-state index contributed by atoms with van der Waals surface area (Å²) in [4.78, 5) is 12.1. The fourth-order valence-electron chi connectivity index (χ4n) is 3.09. The Hall–Kier alpha value is -2.88. The topological polar surface area (TPSA) is 34.9 Å². The molecule has 0 unspecified atom stereocenters. The van der Waals surface area contributed by atoms with E-state index in [1.807, 2.05) is 60.7 Å². The van der Waals surface area contributed by atoms with Crippen LogP contribution in [0.1, 0.15) is 10.5 Å². The van der Waals surface area contributed by atoms with Crippen molar-refractivity contribution < 1.29 is 4.79 Å². The zero-order valence-electron chi connectivity index (χ0n) is 14.1. The molecule has 0 saturated carbocycles. The normalized spacial score (nSPS) is 10.7. The van der Waals surface area contributed by atoms with Crippen LogP contribution in [0.5, 0.6) is 0 Å². The Morgan fingerprint density at radius 2 is 1.33 bits per heavy atom. The number of para-hydroxylation sites is 1. The number of rotatable bonds is 4. The molecule has 0 aliphatic heterocycles. The lowest BCUT2D eigenvalue weighted by Crippen LogP contribution is -2.01. The van der Waals surface area contributed by atoms with Crippen LogP contribution < -0.4 is 0 Å². The van der Waals surface area contributed by atoms with Crippen LogP contribution in [0.3, 0.4) is 0 Å². The Morgan fingerprint density at radius 1 is 0.741 bits per heavy atom. The van der Waals surface area contributed by atoms with Gasteiger partial charge in [0.1, 0.15) is 11.4 Å². The number of aromatic nitrogens is 2. The smallest absolute Gasteiger partial charge is 0.169 e. The van der Waals surface area contributed by atoms with E-state index >= 15 is 0 Å². The summed E-state index contributed by atoms with van der Waals surface area (Å²) in [7, 11) is 0. The SMILES string of the molecule is O=Cc1c(-c2ccccc2)c(-c2c(Cl)cccc2Cl)nn1-c1ccccc1. The molecular formula is C22H14Cl2N2O. The molecule has 1 aromatic heterocycles. The first-order valence-electron chi connectivity index (χ1n) is 8.34. The van der Waals surface area contributed by atoms with Crippen LogP contribution in [0.2, 0.25) is 10.0 Å². The van der Waals surface area contributed by atoms with Crippen LogP contribution >= 0.6 is 23.2 Å². The molecule has 3 nitrogen and oxygen atoms in total. The number of benzene rings is 3. The Bertz CT molecular complexity index is 1090. The summed E-state index contributed by atoms with van der Waals surface area (Å²) < 4.78 is 1.63. The van der Waals surface area contributed by atoms with Crippen LogP contribution in [-0.4, -0.2) is 16.1 Å². The molecule has 0 fully saturated rings. The number of nitrogens with zero attached hydrogens (tertiary/aromatic N) is 2. The first-order chi connectivity index (χ1) is 13.2. The van der Waals surface area contributed by atoms with E-state index < -0.39 is 0 Å². The first-order valence-corrected chi connectivity index (χ1v) is 9.09. The third-order valence-corrected chi connectivity index (χ3v) is 4.93. The second-order valence-electron chi connectivity index (χ2n) is 5.94. The molecule has 0 aliphatic carbocycles. The highest BCUT2D eigenvalue weighted by atomic mass is 35.5. The number of carbonyl (C=O) groups is 1. The molecular weight excluding hydrogens is 379 g/mol. The van der Waals surface area contributed by atoms with E-state index in [1.165, 1.54) is 0 Å². The zero-order chi connectivity index (χ0) is 18.8. The van der Waals surface area contributed by atoms with Gasteiger partial charge in [0.15, 0.2) is 6.29 Å². The van der Waals surface area contributed by atoms with Crippen LogP contribution in [0, 0.1) is 0 Å². The van der Waals surface area contributed by atoms with Crippen molar-refractivity contribution in [1.29, 1.82) is 0 Å². The molecule has 4 aromatic rings. The molecule has 0 atom stereocenters. The van der Waals surface area contributed by atoms with Gasteiger partial charge in [-0.05, 0) is 29.8 Å². The first kappa shape index (κ1) is 17.5. The number of carbonyl (C=O) groups excluding carboxylic acids is 1. The quantitative estimate of drug-likeness (QED) is 0.380. The maximum atomic E-state index is 12.1. The van der Waals surface area contributed by atoms with Crippen molar-refractivity contribution in [2.45, 2.75) is 0 Å². The monoisotopic (exact) mass is 392 g/mol. The van der Waals surface area contributed by atoms with E-state index in [-0.39, 0.29) is 0 Å². The Balaban J connectivity index is 2.09. The summed E-state index contributed by atoms with van der Waals surface area (Å²) in [5, 5.41) is 5.70. The van der Waals surface area contributed by atoms with E-state index in [0.29, 0.717) is 32.6 Å². The zero-order valence-corrected chi connectivity index (χ0v) is 15.7. The highest BCUT2D eigenvalue weighted by Gasteiger charge is 2.24. The van der Waals surface area contributed by atoms with Crippen LogP contribution in [-0.2, 0) is 0 Å². The van der Waals surface area contributed by atoms with Gasteiger partial charge >= 0.3 is 0 Å². The average Bonchev–Trinajstić information content (AvgIpc) is 3.08. The second-order valence-corrected chi connectivity index (χ2v) is 6.75. The molecule has 0 bridgehead atoms. The van der Waals surface area contributed by atoms with E-state index in [1.54, 1.807) is 22.9 Å². The predicted molar refractivity (Wildman–Crippen MR) is 110 cm³/mol. The van der Waals surface area contributed by atoms with Gasteiger partial charge in [0.2, 0.25) is 0 Å². The van der Waals surface area contributed by atoms with Gasteiger partial charge in [0, 0.05) is 11.1 Å². The lowest BCUT2D eigenvalue weighted by Gasteiger charge is -2.07.